The van der Waals surface area contributed by atoms with Crippen molar-refractivity contribution >= 4 is 0 Å². The molecule has 1 fully saturated rings. The van der Waals surface area contributed by atoms with Crippen molar-refractivity contribution in [2.24, 2.45) is 5.92 Å². The summed E-state index contributed by atoms with van der Waals surface area (Å²) >= 11 is 0. The van der Waals surface area contributed by atoms with Crippen LogP contribution in [0.5, 0.6) is 0 Å². The SMILES string of the molecule is C=C(OC(C)(C)C)N1CC(COC(C)(C)C)C1. The van der Waals surface area contributed by atoms with E-state index in [1.165, 1.54) is 0 Å². The Morgan fingerprint density at radius 2 is 1.65 bits per heavy atom. The predicted octanol–water partition coefficient (Wildman–Crippen LogP) is 3.02. The molecule has 1 rings (SSSR count). The molecule has 0 spiro atoms. The minimum atomic E-state index is -0.163. The lowest BCUT2D eigenvalue weighted by molar-refractivity contribution is -0.0756. The van der Waals surface area contributed by atoms with Gasteiger partial charge in [0.25, 0.3) is 0 Å². The first kappa shape index (κ1) is 14.4. The lowest BCUT2D eigenvalue weighted by Crippen LogP contribution is -2.49. The van der Waals surface area contributed by atoms with Crippen molar-refractivity contribution in [1.82, 2.24) is 4.90 Å². The van der Waals surface area contributed by atoms with E-state index >= 15 is 0 Å². The number of ether oxygens (including phenoxy) is 2. The van der Waals surface area contributed by atoms with Gasteiger partial charge in [-0.2, -0.15) is 0 Å². The summed E-state index contributed by atoms with van der Waals surface area (Å²) < 4.78 is 11.5. The zero-order chi connectivity index (χ0) is 13.3. The van der Waals surface area contributed by atoms with Gasteiger partial charge in [0.05, 0.1) is 12.2 Å². The molecule has 3 heteroatoms. The summed E-state index contributed by atoms with van der Waals surface area (Å²) in [6.07, 6.45) is 0. The number of hydrogen-bond donors (Lipinski definition) is 0. The molecule has 0 amide bonds. The second-order valence-electron chi connectivity index (χ2n) is 6.80. The Bertz CT molecular complexity index is 267. The summed E-state index contributed by atoms with van der Waals surface area (Å²) in [4.78, 5) is 2.17. The summed E-state index contributed by atoms with van der Waals surface area (Å²) in [6.45, 7) is 19.2. The van der Waals surface area contributed by atoms with E-state index in [1.807, 2.05) is 20.8 Å². The predicted molar refractivity (Wildman–Crippen MR) is 70.7 cm³/mol. The fraction of sp³-hybridized carbons (Fsp3) is 0.857. The van der Waals surface area contributed by atoms with Crippen LogP contribution in [0.15, 0.2) is 12.5 Å². The van der Waals surface area contributed by atoms with Crippen LogP contribution >= 0.6 is 0 Å². The molecule has 1 aliphatic heterocycles. The quantitative estimate of drug-likeness (QED) is 0.706. The fourth-order valence-electron chi connectivity index (χ4n) is 1.66. The molecule has 0 aromatic rings. The second kappa shape index (κ2) is 4.89. The highest BCUT2D eigenvalue weighted by molar-refractivity contribution is 4.95. The topological polar surface area (TPSA) is 21.7 Å². The van der Waals surface area contributed by atoms with Crippen molar-refractivity contribution in [3.63, 3.8) is 0 Å². The molecule has 0 aliphatic carbocycles. The van der Waals surface area contributed by atoms with Gasteiger partial charge in [0, 0.05) is 19.0 Å². The zero-order valence-corrected chi connectivity index (χ0v) is 12.2. The number of hydrogen-bond acceptors (Lipinski definition) is 3. The van der Waals surface area contributed by atoms with E-state index < -0.39 is 0 Å². The van der Waals surface area contributed by atoms with Gasteiger partial charge in [-0.25, -0.2) is 0 Å². The van der Waals surface area contributed by atoms with Crippen LogP contribution < -0.4 is 0 Å². The van der Waals surface area contributed by atoms with E-state index in [9.17, 15) is 0 Å². The van der Waals surface area contributed by atoms with Gasteiger partial charge in [-0.3, -0.25) is 0 Å². The van der Waals surface area contributed by atoms with Crippen LogP contribution in [-0.2, 0) is 9.47 Å². The largest absolute Gasteiger partial charge is 0.474 e. The van der Waals surface area contributed by atoms with Crippen LogP contribution in [0.2, 0.25) is 0 Å². The molecule has 0 saturated carbocycles. The number of nitrogens with zero attached hydrogens (tertiary/aromatic N) is 1. The molecule has 0 aromatic heterocycles. The molecule has 1 saturated heterocycles. The van der Waals surface area contributed by atoms with E-state index in [2.05, 4.69) is 32.3 Å². The minimum Gasteiger partial charge on any atom is -0.474 e. The molecule has 1 heterocycles. The van der Waals surface area contributed by atoms with Crippen LogP contribution in [0.1, 0.15) is 41.5 Å². The molecule has 0 unspecified atom stereocenters. The standard InChI is InChI=1S/C14H27NO2/c1-11(17-14(5,6)7)15-8-12(9-15)10-16-13(2,3)4/h12H,1,8-10H2,2-7H3. The third-order valence-electron chi connectivity index (χ3n) is 2.49. The van der Waals surface area contributed by atoms with Gasteiger partial charge in [0.1, 0.15) is 5.60 Å². The molecular formula is C14H27NO2. The van der Waals surface area contributed by atoms with Gasteiger partial charge in [0.2, 0.25) is 0 Å². The Balaban J connectivity index is 2.21. The molecular weight excluding hydrogens is 214 g/mol. The molecule has 0 bridgehead atoms. The first-order chi connectivity index (χ1) is 7.57. The highest BCUT2D eigenvalue weighted by atomic mass is 16.5. The first-order valence-electron chi connectivity index (χ1n) is 6.34. The average molecular weight is 241 g/mol. The summed E-state index contributed by atoms with van der Waals surface area (Å²) in [5, 5.41) is 0. The van der Waals surface area contributed by atoms with E-state index in [0.717, 1.165) is 25.6 Å². The van der Waals surface area contributed by atoms with Gasteiger partial charge in [-0.05, 0) is 48.1 Å². The Labute approximate surface area is 106 Å². The van der Waals surface area contributed by atoms with Gasteiger partial charge in [-0.15, -0.1) is 0 Å². The molecule has 3 nitrogen and oxygen atoms in total. The number of likely N-dealkylation sites (tertiary alicyclic amines) is 1. The highest BCUT2D eigenvalue weighted by Crippen LogP contribution is 2.25. The number of rotatable bonds is 4. The van der Waals surface area contributed by atoms with E-state index in [4.69, 9.17) is 9.47 Å². The summed E-state index contributed by atoms with van der Waals surface area (Å²) in [5.41, 5.74) is -0.205. The fourth-order valence-corrected chi connectivity index (χ4v) is 1.66. The summed E-state index contributed by atoms with van der Waals surface area (Å²) in [7, 11) is 0. The van der Waals surface area contributed by atoms with Crippen molar-refractivity contribution in [3.05, 3.63) is 12.5 Å². The van der Waals surface area contributed by atoms with Crippen molar-refractivity contribution in [2.75, 3.05) is 19.7 Å². The monoisotopic (exact) mass is 241 g/mol. The highest BCUT2D eigenvalue weighted by Gasteiger charge is 2.31. The Hall–Kier alpha value is -0.700. The summed E-state index contributed by atoms with van der Waals surface area (Å²) in [5.74, 6) is 1.39. The Morgan fingerprint density at radius 1 is 1.12 bits per heavy atom. The second-order valence-corrected chi connectivity index (χ2v) is 6.80. The molecule has 17 heavy (non-hydrogen) atoms. The average Bonchev–Trinajstić information content (AvgIpc) is 1.94. The maximum atomic E-state index is 5.77. The third kappa shape index (κ3) is 5.44. The van der Waals surface area contributed by atoms with Crippen molar-refractivity contribution < 1.29 is 9.47 Å². The van der Waals surface area contributed by atoms with Gasteiger partial charge in [0.15, 0.2) is 5.88 Å². The van der Waals surface area contributed by atoms with Gasteiger partial charge >= 0.3 is 0 Å². The van der Waals surface area contributed by atoms with Gasteiger partial charge in [-0.1, -0.05) is 0 Å². The lowest BCUT2D eigenvalue weighted by atomic mass is 10.0. The Morgan fingerprint density at radius 3 is 2.06 bits per heavy atom. The van der Waals surface area contributed by atoms with E-state index in [-0.39, 0.29) is 11.2 Å². The molecule has 0 aromatic carbocycles. The smallest absolute Gasteiger partial charge is 0.182 e. The molecule has 0 atom stereocenters. The van der Waals surface area contributed by atoms with E-state index in [1.54, 1.807) is 0 Å². The maximum absolute atomic E-state index is 5.77. The maximum Gasteiger partial charge on any atom is 0.182 e. The minimum absolute atomic E-state index is 0.0423. The summed E-state index contributed by atoms with van der Waals surface area (Å²) in [6, 6.07) is 0. The normalized spacial score (nSPS) is 17.9. The van der Waals surface area contributed by atoms with Gasteiger partial charge < -0.3 is 14.4 Å². The van der Waals surface area contributed by atoms with Crippen LogP contribution in [0.3, 0.4) is 0 Å². The van der Waals surface area contributed by atoms with Crippen molar-refractivity contribution in [2.45, 2.75) is 52.7 Å². The third-order valence-corrected chi connectivity index (χ3v) is 2.49. The van der Waals surface area contributed by atoms with E-state index in [0.29, 0.717) is 5.92 Å². The first-order valence-corrected chi connectivity index (χ1v) is 6.34. The molecule has 0 N–H and O–H groups in total. The van der Waals surface area contributed by atoms with Crippen LogP contribution in [0.25, 0.3) is 0 Å². The van der Waals surface area contributed by atoms with Crippen LogP contribution in [0.4, 0.5) is 0 Å². The lowest BCUT2D eigenvalue weighted by Gasteiger charge is -2.43. The van der Waals surface area contributed by atoms with Crippen molar-refractivity contribution in [1.29, 1.82) is 0 Å². The molecule has 0 radical (unpaired) electrons. The zero-order valence-electron chi connectivity index (χ0n) is 12.2. The van der Waals surface area contributed by atoms with Crippen molar-refractivity contribution in [3.8, 4) is 0 Å². The Kier molecular flexibility index (Phi) is 4.13. The molecule has 100 valence electrons. The molecule has 1 aliphatic rings. The van der Waals surface area contributed by atoms with Crippen LogP contribution in [0, 0.1) is 5.92 Å². The van der Waals surface area contributed by atoms with Crippen LogP contribution in [-0.4, -0.2) is 35.8 Å².